The van der Waals surface area contributed by atoms with Crippen LogP contribution in [0.5, 0.6) is 0 Å². The molecule has 1 saturated carbocycles. The van der Waals surface area contributed by atoms with Gasteiger partial charge in [0.2, 0.25) is 10.0 Å². The molecule has 5 heteroatoms. The minimum atomic E-state index is -3.48. The van der Waals surface area contributed by atoms with E-state index in [-0.39, 0.29) is 11.7 Å². The molecule has 0 aromatic rings. The first kappa shape index (κ1) is 15.8. The fourth-order valence-electron chi connectivity index (χ4n) is 4.38. The summed E-state index contributed by atoms with van der Waals surface area (Å²) in [6.45, 7) is 3.76. The Labute approximate surface area is 143 Å². The highest BCUT2D eigenvalue weighted by Gasteiger charge is 2.66. The first-order valence-electron chi connectivity index (χ1n) is 8.34. The van der Waals surface area contributed by atoms with Crippen LogP contribution in [0.1, 0.15) is 26.7 Å². The van der Waals surface area contributed by atoms with Gasteiger partial charge in [-0.3, -0.25) is 4.79 Å². The Morgan fingerprint density at radius 2 is 2.04 bits per heavy atom. The standard InChI is InChI=1S/C19H21NO3S/c1-13-12-20(24(22,23)16-8-4-3-5-9-16)19-11-15(19)7-6-10-17(19)18(13)14(2)21/h3-8,10,15-16H,9,11-12H2,1-2H3. The zero-order valence-electron chi connectivity index (χ0n) is 13.9. The van der Waals surface area contributed by atoms with E-state index in [2.05, 4.69) is 6.08 Å². The SMILES string of the molecule is CC(=O)C1=C(C)CN(S(=O)(=O)C2C=CC=CC2)C23CC2C=CC=C13. The molecule has 0 N–H and O–H groups in total. The molecule has 0 aromatic carbocycles. The van der Waals surface area contributed by atoms with Crippen LogP contribution in [0, 0.1) is 5.92 Å². The van der Waals surface area contributed by atoms with Crippen molar-refractivity contribution in [3.63, 3.8) is 0 Å². The molecule has 1 fully saturated rings. The Morgan fingerprint density at radius 1 is 1.25 bits per heavy atom. The second-order valence-corrected chi connectivity index (χ2v) is 9.13. The number of hydrogen-bond donors (Lipinski definition) is 0. The van der Waals surface area contributed by atoms with Crippen LogP contribution in [0.15, 0.2) is 59.3 Å². The number of rotatable bonds is 3. The number of hydrogen-bond acceptors (Lipinski definition) is 3. The van der Waals surface area contributed by atoms with Crippen LogP contribution >= 0.6 is 0 Å². The van der Waals surface area contributed by atoms with Crippen molar-refractivity contribution in [3.8, 4) is 0 Å². The van der Waals surface area contributed by atoms with Gasteiger partial charge in [-0.1, -0.05) is 42.5 Å². The predicted octanol–water partition coefficient (Wildman–Crippen LogP) is 2.68. The van der Waals surface area contributed by atoms with Gasteiger partial charge in [0.15, 0.2) is 5.78 Å². The summed E-state index contributed by atoms with van der Waals surface area (Å²) in [5.41, 5.74) is 1.93. The lowest BCUT2D eigenvalue weighted by molar-refractivity contribution is -0.113. The zero-order valence-corrected chi connectivity index (χ0v) is 14.7. The molecule has 4 nitrogen and oxygen atoms in total. The van der Waals surface area contributed by atoms with Crippen LogP contribution in [0.4, 0.5) is 0 Å². The quantitative estimate of drug-likeness (QED) is 0.792. The van der Waals surface area contributed by atoms with Gasteiger partial charge in [-0.2, -0.15) is 4.31 Å². The first-order chi connectivity index (χ1) is 11.4. The summed E-state index contributed by atoms with van der Waals surface area (Å²) in [6.07, 6.45) is 14.6. The highest BCUT2D eigenvalue weighted by molar-refractivity contribution is 7.90. The van der Waals surface area contributed by atoms with Crippen LogP contribution in [-0.2, 0) is 14.8 Å². The maximum atomic E-state index is 13.3. The fourth-order valence-corrected chi connectivity index (χ4v) is 6.49. The molecule has 3 unspecified atom stereocenters. The Morgan fingerprint density at radius 3 is 2.71 bits per heavy atom. The van der Waals surface area contributed by atoms with Gasteiger partial charge < -0.3 is 0 Å². The number of carbonyl (C=O) groups is 1. The lowest BCUT2D eigenvalue weighted by Gasteiger charge is -2.41. The van der Waals surface area contributed by atoms with Crippen molar-refractivity contribution < 1.29 is 13.2 Å². The summed E-state index contributed by atoms with van der Waals surface area (Å²) in [5.74, 6) is 0.203. The summed E-state index contributed by atoms with van der Waals surface area (Å²) < 4.78 is 28.3. The van der Waals surface area contributed by atoms with Crippen molar-refractivity contribution in [1.29, 1.82) is 0 Å². The van der Waals surface area contributed by atoms with E-state index in [0.717, 1.165) is 23.1 Å². The molecule has 0 radical (unpaired) electrons. The maximum Gasteiger partial charge on any atom is 0.222 e. The lowest BCUT2D eigenvalue weighted by atomic mass is 9.83. The van der Waals surface area contributed by atoms with E-state index in [9.17, 15) is 13.2 Å². The maximum absolute atomic E-state index is 13.3. The van der Waals surface area contributed by atoms with Crippen LogP contribution < -0.4 is 0 Å². The number of Topliss-reactive ketones (excluding diaryl/α,β-unsaturated/α-hetero) is 1. The van der Waals surface area contributed by atoms with Crippen molar-refractivity contribution >= 4 is 15.8 Å². The van der Waals surface area contributed by atoms with E-state index in [0.29, 0.717) is 13.0 Å². The fraction of sp³-hybridized carbons (Fsp3) is 0.421. The minimum Gasteiger partial charge on any atom is -0.295 e. The van der Waals surface area contributed by atoms with E-state index in [1.807, 2.05) is 31.2 Å². The predicted molar refractivity (Wildman–Crippen MR) is 93.8 cm³/mol. The lowest BCUT2D eigenvalue weighted by Crippen LogP contribution is -2.52. The second-order valence-electron chi connectivity index (χ2n) is 7.05. The Balaban J connectivity index is 1.83. The van der Waals surface area contributed by atoms with Gasteiger partial charge >= 0.3 is 0 Å². The van der Waals surface area contributed by atoms with Crippen molar-refractivity contribution in [2.45, 2.75) is 37.5 Å². The number of ketones is 1. The molecule has 4 rings (SSSR count). The summed E-state index contributed by atoms with van der Waals surface area (Å²) in [6, 6.07) is 0. The van der Waals surface area contributed by atoms with E-state index in [1.54, 1.807) is 23.4 Å². The molecule has 0 bridgehead atoms. The molecule has 1 heterocycles. The topological polar surface area (TPSA) is 54.5 Å². The van der Waals surface area contributed by atoms with Gasteiger partial charge in [0.05, 0.1) is 10.8 Å². The van der Waals surface area contributed by atoms with Crippen molar-refractivity contribution in [3.05, 3.63) is 59.3 Å². The average Bonchev–Trinajstić information content (AvgIpc) is 3.29. The molecule has 0 aromatic heterocycles. The van der Waals surface area contributed by atoms with E-state index < -0.39 is 20.8 Å². The minimum absolute atomic E-state index is 0.0246. The number of nitrogens with zero attached hydrogens (tertiary/aromatic N) is 1. The summed E-state index contributed by atoms with van der Waals surface area (Å²) in [5, 5.41) is -0.517. The molecule has 126 valence electrons. The van der Waals surface area contributed by atoms with Crippen LogP contribution in [0.25, 0.3) is 0 Å². The second kappa shape index (κ2) is 5.14. The molecule has 4 aliphatic rings. The third kappa shape index (κ3) is 2.01. The van der Waals surface area contributed by atoms with Crippen LogP contribution in [-0.4, -0.2) is 35.8 Å². The zero-order chi connectivity index (χ0) is 17.1. The van der Waals surface area contributed by atoms with E-state index >= 15 is 0 Å². The molecule has 1 aliphatic heterocycles. The van der Waals surface area contributed by atoms with Crippen LogP contribution in [0.2, 0.25) is 0 Å². The Bertz CT molecular complexity index is 872. The van der Waals surface area contributed by atoms with Crippen molar-refractivity contribution in [2.24, 2.45) is 5.92 Å². The van der Waals surface area contributed by atoms with Gasteiger partial charge in [-0.25, -0.2) is 8.42 Å². The third-order valence-electron chi connectivity index (χ3n) is 5.56. The highest BCUT2D eigenvalue weighted by atomic mass is 32.2. The molecule has 3 atom stereocenters. The molecule has 24 heavy (non-hydrogen) atoms. The van der Waals surface area contributed by atoms with Gasteiger partial charge in [0, 0.05) is 18.0 Å². The van der Waals surface area contributed by atoms with E-state index in [4.69, 9.17) is 0 Å². The number of carbonyl (C=O) groups excluding carboxylic acids is 1. The molecule has 3 aliphatic carbocycles. The average molecular weight is 343 g/mol. The van der Waals surface area contributed by atoms with Crippen molar-refractivity contribution in [1.82, 2.24) is 4.31 Å². The van der Waals surface area contributed by atoms with Gasteiger partial charge in [0.25, 0.3) is 0 Å². The van der Waals surface area contributed by atoms with E-state index in [1.165, 1.54) is 0 Å². The molecule has 0 saturated heterocycles. The molecular weight excluding hydrogens is 322 g/mol. The smallest absolute Gasteiger partial charge is 0.222 e. The molecule has 0 amide bonds. The third-order valence-corrected chi connectivity index (χ3v) is 7.75. The highest BCUT2D eigenvalue weighted by Crippen LogP contribution is 2.61. The summed E-state index contributed by atoms with van der Waals surface area (Å²) in [4.78, 5) is 12.2. The van der Waals surface area contributed by atoms with Gasteiger partial charge in [-0.15, -0.1) is 0 Å². The summed E-state index contributed by atoms with van der Waals surface area (Å²) >= 11 is 0. The largest absolute Gasteiger partial charge is 0.295 e. The van der Waals surface area contributed by atoms with Crippen LogP contribution in [0.3, 0.4) is 0 Å². The molecule has 1 spiro atoms. The van der Waals surface area contributed by atoms with Crippen molar-refractivity contribution in [2.75, 3.05) is 6.54 Å². The number of sulfonamides is 1. The Kier molecular flexibility index (Phi) is 3.38. The monoisotopic (exact) mass is 343 g/mol. The van der Waals surface area contributed by atoms with Gasteiger partial charge in [0.1, 0.15) is 0 Å². The number of allylic oxidation sites excluding steroid dienone is 5. The van der Waals surface area contributed by atoms with Gasteiger partial charge in [-0.05, 0) is 37.8 Å². The normalized spacial score (nSPS) is 34.7. The summed E-state index contributed by atoms with van der Waals surface area (Å²) in [7, 11) is -3.48. The molecular formula is C19H21NO3S. The first-order valence-corrected chi connectivity index (χ1v) is 9.84. The Hall–Kier alpha value is -1.72.